The average molecular weight is 338 g/mol. The number of benzene rings is 1. The zero-order valence-electron chi connectivity index (χ0n) is 13.4. The Labute approximate surface area is 138 Å². The van der Waals surface area contributed by atoms with E-state index in [9.17, 15) is 18.4 Å². The second kappa shape index (κ2) is 6.03. The Morgan fingerprint density at radius 2 is 1.92 bits per heavy atom. The van der Waals surface area contributed by atoms with Crippen molar-refractivity contribution in [2.45, 2.75) is 37.6 Å². The van der Waals surface area contributed by atoms with Crippen molar-refractivity contribution >= 4 is 12.0 Å². The van der Waals surface area contributed by atoms with Crippen molar-refractivity contribution in [2.75, 3.05) is 13.1 Å². The molecule has 5 nitrogen and oxygen atoms in total. The number of hydrogen-bond acceptors (Lipinski definition) is 2. The van der Waals surface area contributed by atoms with Crippen molar-refractivity contribution in [2.24, 2.45) is 5.92 Å². The number of aliphatic carboxylic acids is 1. The predicted octanol–water partition coefficient (Wildman–Crippen LogP) is 2.50. The maximum absolute atomic E-state index is 13.4. The largest absolute Gasteiger partial charge is 0.481 e. The summed E-state index contributed by atoms with van der Waals surface area (Å²) in [5.41, 5.74) is 0.264. The standard InChI is InChI=1S/C17H20F2N2O3/c1-17(11-2-3-12(18)13(19)8-11)9-14(17)20-16(24)21-6-4-10(5-7-21)15(22)23/h2-3,8,10,14H,4-7,9H2,1H3,(H,20,24)(H,22,23). The molecule has 2 atom stereocenters. The van der Waals surface area contributed by atoms with E-state index in [1.165, 1.54) is 6.07 Å². The van der Waals surface area contributed by atoms with Gasteiger partial charge < -0.3 is 15.3 Å². The minimum absolute atomic E-state index is 0.132. The summed E-state index contributed by atoms with van der Waals surface area (Å²) in [4.78, 5) is 24.8. The molecule has 1 saturated heterocycles. The van der Waals surface area contributed by atoms with Crippen LogP contribution in [0, 0.1) is 17.6 Å². The van der Waals surface area contributed by atoms with Crippen LogP contribution in [0.1, 0.15) is 31.7 Å². The van der Waals surface area contributed by atoms with Crippen LogP contribution < -0.4 is 5.32 Å². The van der Waals surface area contributed by atoms with Crippen molar-refractivity contribution in [1.82, 2.24) is 10.2 Å². The van der Waals surface area contributed by atoms with Crippen LogP contribution in [-0.2, 0) is 10.2 Å². The highest BCUT2D eigenvalue weighted by Crippen LogP contribution is 2.48. The molecule has 3 rings (SSSR count). The van der Waals surface area contributed by atoms with Gasteiger partial charge >= 0.3 is 12.0 Å². The van der Waals surface area contributed by atoms with E-state index in [-0.39, 0.29) is 18.0 Å². The van der Waals surface area contributed by atoms with E-state index in [0.29, 0.717) is 37.9 Å². The first-order valence-electron chi connectivity index (χ1n) is 8.05. The molecule has 2 unspecified atom stereocenters. The number of nitrogens with zero attached hydrogens (tertiary/aromatic N) is 1. The van der Waals surface area contributed by atoms with E-state index in [1.54, 1.807) is 11.0 Å². The number of halogens is 2. The predicted molar refractivity (Wildman–Crippen MR) is 82.6 cm³/mol. The van der Waals surface area contributed by atoms with Crippen LogP contribution in [0.5, 0.6) is 0 Å². The molecule has 0 radical (unpaired) electrons. The van der Waals surface area contributed by atoms with Gasteiger partial charge in [0.2, 0.25) is 0 Å². The highest BCUT2D eigenvalue weighted by atomic mass is 19.2. The number of carboxylic acid groups (broad SMARTS) is 1. The summed E-state index contributed by atoms with van der Waals surface area (Å²) < 4.78 is 26.5. The zero-order valence-corrected chi connectivity index (χ0v) is 13.4. The second-order valence-electron chi connectivity index (χ2n) is 6.85. The zero-order chi connectivity index (χ0) is 17.5. The third kappa shape index (κ3) is 3.07. The van der Waals surface area contributed by atoms with E-state index in [4.69, 9.17) is 5.11 Å². The normalized spacial score (nSPS) is 27.0. The monoisotopic (exact) mass is 338 g/mol. The number of rotatable bonds is 3. The molecular weight excluding hydrogens is 318 g/mol. The summed E-state index contributed by atoms with van der Waals surface area (Å²) >= 11 is 0. The van der Waals surface area contributed by atoms with Crippen LogP contribution >= 0.6 is 0 Å². The number of carboxylic acids is 1. The molecule has 130 valence electrons. The van der Waals surface area contributed by atoms with Crippen LogP contribution in [0.2, 0.25) is 0 Å². The van der Waals surface area contributed by atoms with Crippen LogP contribution in [0.15, 0.2) is 18.2 Å². The summed E-state index contributed by atoms with van der Waals surface area (Å²) in [7, 11) is 0. The van der Waals surface area contributed by atoms with Crippen molar-refractivity contribution in [3.63, 3.8) is 0 Å². The smallest absolute Gasteiger partial charge is 0.317 e. The minimum Gasteiger partial charge on any atom is -0.481 e. The Hall–Kier alpha value is -2.18. The number of carbonyl (C=O) groups is 2. The molecule has 2 N–H and O–H groups in total. The summed E-state index contributed by atoms with van der Waals surface area (Å²) in [5, 5.41) is 11.9. The topological polar surface area (TPSA) is 69.6 Å². The van der Waals surface area contributed by atoms with Crippen LogP contribution in [0.3, 0.4) is 0 Å². The van der Waals surface area contributed by atoms with Gasteiger partial charge in [-0.2, -0.15) is 0 Å². The third-order valence-corrected chi connectivity index (χ3v) is 5.25. The van der Waals surface area contributed by atoms with E-state index in [2.05, 4.69) is 5.32 Å². The number of urea groups is 1. The van der Waals surface area contributed by atoms with Gasteiger partial charge in [0.05, 0.1) is 5.92 Å². The molecule has 0 aromatic heterocycles. The lowest BCUT2D eigenvalue weighted by Crippen LogP contribution is -2.47. The molecule has 1 aliphatic heterocycles. The number of nitrogens with one attached hydrogen (secondary N) is 1. The molecule has 1 aliphatic carbocycles. The first-order valence-corrected chi connectivity index (χ1v) is 8.05. The fourth-order valence-electron chi connectivity index (χ4n) is 3.32. The Balaban J connectivity index is 1.57. The summed E-state index contributed by atoms with van der Waals surface area (Å²) in [6.07, 6.45) is 1.57. The Morgan fingerprint density at radius 1 is 1.25 bits per heavy atom. The molecule has 2 aliphatic rings. The summed E-state index contributed by atoms with van der Waals surface area (Å²) in [6.45, 7) is 2.73. The molecule has 0 spiro atoms. The van der Waals surface area contributed by atoms with E-state index in [0.717, 1.165) is 6.07 Å². The first-order chi connectivity index (χ1) is 11.3. The Morgan fingerprint density at radius 3 is 2.50 bits per heavy atom. The lowest BCUT2D eigenvalue weighted by molar-refractivity contribution is -0.143. The molecule has 24 heavy (non-hydrogen) atoms. The summed E-state index contributed by atoms with van der Waals surface area (Å²) in [6, 6.07) is 3.47. The number of piperidine rings is 1. The molecular formula is C17H20F2N2O3. The van der Waals surface area contributed by atoms with Gasteiger partial charge in [-0.1, -0.05) is 13.0 Å². The maximum Gasteiger partial charge on any atom is 0.317 e. The highest BCUT2D eigenvalue weighted by molar-refractivity contribution is 5.76. The van der Waals surface area contributed by atoms with Gasteiger partial charge in [0, 0.05) is 24.5 Å². The van der Waals surface area contributed by atoms with Gasteiger partial charge in [0.1, 0.15) is 0 Å². The van der Waals surface area contributed by atoms with Gasteiger partial charge in [-0.25, -0.2) is 13.6 Å². The second-order valence-corrected chi connectivity index (χ2v) is 6.85. The van der Waals surface area contributed by atoms with E-state index < -0.39 is 23.0 Å². The van der Waals surface area contributed by atoms with Crippen LogP contribution in [0.4, 0.5) is 13.6 Å². The molecule has 1 aromatic rings. The number of amides is 2. The van der Waals surface area contributed by atoms with E-state index >= 15 is 0 Å². The fraction of sp³-hybridized carbons (Fsp3) is 0.529. The number of hydrogen-bond donors (Lipinski definition) is 2. The quantitative estimate of drug-likeness (QED) is 0.890. The maximum atomic E-state index is 13.4. The number of carbonyl (C=O) groups excluding carboxylic acids is 1. The molecule has 2 fully saturated rings. The minimum atomic E-state index is -0.888. The van der Waals surface area contributed by atoms with Gasteiger partial charge in [0.15, 0.2) is 11.6 Å². The lowest BCUT2D eigenvalue weighted by Gasteiger charge is -2.30. The Bertz CT molecular complexity index is 674. The third-order valence-electron chi connectivity index (χ3n) is 5.25. The highest BCUT2D eigenvalue weighted by Gasteiger charge is 2.52. The van der Waals surface area contributed by atoms with Gasteiger partial charge in [-0.15, -0.1) is 0 Å². The van der Waals surface area contributed by atoms with Gasteiger partial charge in [-0.05, 0) is 37.0 Å². The lowest BCUT2D eigenvalue weighted by atomic mass is 9.97. The van der Waals surface area contributed by atoms with Crippen molar-refractivity contribution in [3.8, 4) is 0 Å². The average Bonchev–Trinajstić information content (AvgIpc) is 3.21. The van der Waals surface area contributed by atoms with Crippen LogP contribution in [-0.4, -0.2) is 41.1 Å². The molecule has 2 amide bonds. The number of likely N-dealkylation sites (tertiary alicyclic amines) is 1. The van der Waals surface area contributed by atoms with Crippen molar-refractivity contribution < 1.29 is 23.5 Å². The van der Waals surface area contributed by atoms with Crippen molar-refractivity contribution in [3.05, 3.63) is 35.4 Å². The molecule has 1 heterocycles. The summed E-state index contributed by atoms with van der Waals surface area (Å²) in [5.74, 6) is -2.98. The first kappa shape index (κ1) is 16.7. The van der Waals surface area contributed by atoms with Gasteiger partial charge in [0.25, 0.3) is 0 Å². The molecule has 7 heteroatoms. The SMILES string of the molecule is CC1(c2ccc(F)c(F)c2)CC1NC(=O)N1CCC(C(=O)O)CC1. The Kier molecular flexibility index (Phi) is 4.19. The van der Waals surface area contributed by atoms with Crippen molar-refractivity contribution in [1.29, 1.82) is 0 Å². The van der Waals surface area contributed by atoms with Crippen LogP contribution in [0.25, 0.3) is 0 Å². The fourth-order valence-corrected chi connectivity index (χ4v) is 3.32. The molecule has 1 saturated carbocycles. The molecule has 0 bridgehead atoms. The van der Waals surface area contributed by atoms with Gasteiger partial charge in [-0.3, -0.25) is 4.79 Å². The molecule has 1 aromatic carbocycles. The van der Waals surface area contributed by atoms with E-state index in [1.807, 2.05) is 6.92 Å².